The van der Waals surface area contributed by atoms with Crippen molar-refractivity contribution < 1.29 is 14.6 Å². The van der Waals surface area contributed by atoms with E-state index < -0.39 is 0 Å². The number of rotatable bonds is 7. The smallest absolute Gasteiger partial charge is 0.407 e. The maximum absolute atomic E-state index is 11.0. The second-order valence-electron chi connectivity index (χ2n) is 5.78. The summed E-state index contributed by atoms with van der Waals surface area (Å²) in [5.74, 6) is 0.458. The molecule has 0 aliphatic heterocycles. The van der Waals surface area contributed by atoms with Crippen molar-refractivity contribution in [1.82, 2.24) is 5.32 Å². The van der Waals surface area contributed by atoms with Crippen LogP contribution in [0.2, 0.25) is 0 Å². The molecular weight excluding hydrogens is 254 g/mol. The molecule has 1 aliphatic rings. The van der Waals surface area contributed by atoms with Gasteiger partial charge in [0.05, 0.1) is 13.2 Å². The number of hydrogen-bond acceptors (Lipinski definition) is 3. The highest BCUT2D eigenvalue weighted by atomic mass is 16.5. The molecule has 0 aromatic carbocycles. The third kappa shape index (κ3) is 6.94. The lowest BCUT2D eigenvalue weighted by Gasteiger charge is -2.24. The number of allylic oxidation sites excluding steroid dienone is 1. The Hall–Kier alpha value is -1.03. The summed E-state index contributed by atoms with van der Waals surface area (Å²) in [6, 6.07) is 0.124. The normalized spacial score (nSPS) is 19.8. The molecule has 1 aliphatic carbocycles. The van der Waals surface area contributed by atoms with Gasteiger partial charge in [0, 0.05) is 6.04 Å². The van der Waals surface area contributed by atoms with E-state index in [9.17, 15) is 9.90 Å². The van der Waals surface area contributed by atoms with E-state index >= 15 is 0 Å². The van der Waals surface area contributed by atoms with Gasteiger partial charge < -0.3 is 15.2 Å². The molecule has 0 unspecified atom stereocenters. The maximum Gasteiger partial charge on any atom is 0.407 e. The van der Waals surface area contributed by atoms with Crippen molar-refractivity contribution in [3.8, 4) is 0 Å². The monoisotopic (exact) mass is 283 g/mol. The van der Waals surface area contributed by atoms with Crippen LogP contribution in [0, 0.1) is 5.92 Å². The third-order valence-corrected chi connectivity index (χ3v) is 4.02. The number of ether oxygens (including phenoxy) is 1. The summed E-state index contributed by atoms with van der Waals surface area (Å²) in [6.45, 7) is 1.97. The van der Waals surface area contributed by atoms with Gasteiger partial charge in [0.2, 0.25) is 0 Å². The van der Waals surface area contributed by atoms with E-state index in [-0.39, 0.29) is 18.2 Å². The number of aliphatic hydroxyl groups is 1. The van der Waals surface area contributed by atoms with Gasteiger partial charge in [-0.2, -0.15) is 0 Å². The Morgan fingerprint density at radius 1 is 1.40 bits per heavy atom. The molecule has 0 saturated heterocycles. The SMILES string of the molecule is COC(=O)N[C@H](C)CCC/C=C/[C@@H](O)C1CCCCC1. The van der Waals surface area contributed by atoms with Crippen LogP contribution in [-0.2, 0) is 4.74 Å². The van der Waals surface area contributed by atoms with Gasteiger partial charge in [0.25, 0.3) is 0 Å². The molecule has 4 heteroatoms. The highest BCUT2D eigenvalue weighted by molar-refractivity contribution is 5.67. The Labute approximate surface area is 122 Å². The minimum absolute atomic E-state index is 0.124. The number of amides is 1. The number of carbonyl (C=O) groups is 1. The van der Waals surface area contributed by atoms with Crippen molar-refractivity contribution in [3.63, 3.8) is 0 Å². The van der Waals surface area contributed by atoms with Gasteiger partial charge in [-0.15, -0.1) is 0 Å². The van der Waals surface area contributed by atoms with Gasteiger partial charge in [-0.25, -0.2) is 4.79 Å². The van der Waals surface area contributed by atoms with Crippen molar-refractivity contribution in [3.05, 3.63) is 12.2 Å². The van der Waals surface area contributed by atoms with E-state index in [1.807, 2.05) is 13.0 Å². The van der Waals surface area contributed by atoms with E-state index in [2.05, 4.69) is 16.1 Å². The average molecular weight is 283 g/mol. The van der Waals surface area contributed by atoms with Crippen LogP contribution in [0.3, 0.4) is 0 Å². The quantitative estimate of drug-likeness (QED) is 0.556. The molecule has 4 nitrogen and oxygen atoms in total. The number of nitrogens with one attached hydrogen (secondary N) is 1. The summed E-state index contributed by atoms with van der Waals surface area (Å²) < 4.78 is 4.55. The number of methoxy groups -OCH3 is 1. The first-order valence-electron chi connectivity index (χ1n) is 7.82. The van der Waals surface area contributed by atoms with Crippen molar-refractivity contribution in [1.29, 1.82) is 0 Å². The highest BCUT2D eigenvalue weighted by Gasteiger charge is 2.19. The molecule has 0 bridgehead atoms. The summed E-state index contributed by atoms with van der Waals surface area (Å²) in [7, 11) is 1.37. The van der Waals surface area contributed by atoms with Gasteiger partial charge in [-0.3, -0.25) is 0 Å². The second kappa shape index (κ2) is 9.81. The van der Waals surface area contributed by atoms with Gasteiger partial charge in [-0.1, -0.05) is 31.4 Å². The van der Waals surface area contributed by atoms with E-state index in [4.69, 9.17) is 0 Å². The summed E-state index contributed by atoms with van der Waals surface area (Å²) >= 11 is 0. The molecule has 1 saturated carbocycles. The van der Waals surface area contributed by atoms with Gasteiger partial charge in [0.1, 0.15) is 0 Å². The first-order chi connectivity index (χ1) is 9.63. The fraction of sp³-hybridized carbons (Fsp3) is 0.812. The zero-order valence-electron chi connectivity index (χ0n) is 12.8. The van der Waals surface area contributed by atoms with Crippen LogP contribution in [0.25, 0.3) is 0 Å². The molecule has 0 heterocycles. The van der Waals surface area contributed by atoms with Crippen molar-refractivity contribution in [2.45, 2.75) is 70.4 Å². The van der Waals surface area contributed by atoms with Crippen molar-refractivity contribution in [2.75, 3.05) is 7.11 Å². The maximum atomic E-state index is 11.0. The van der Waals surface area contributed by atoms with E-state index in [1.54, 1.807) is 0 Å². The minimum atomic E-state index is -0.374. The van der Waals surface area contributed by atoms with E-state index in [0.29, 0.717) is 5.92 Å². The molecule has 2 atom stereocenters. The molecule has 20 heavy (non-hydrogen) atoms. The lowest BCUT2D eigenvalue weighted by molar-refractivity contribution is 0.125. The predicted molar refractivity (Wildman–Crippen MR) is 80.6 cm³/mol. The fourth-order valence-electron chi connectivity index (χ4n) is 2.74. The number of alkyl carbamates (subject to hydrolysis) is 1. The zero-order chi connectivity index (χ0) is 14.8. The highest BCUT2D eigenvalue weighted by Crippen LogP contribution is 2.26. The molecule has 0 aromatic heterocycles. The Kier molecular flexibility index (Phi) is 8.35. The first-order valence-corrected chi connectivity index (χ1v) is 7.82. The first kappa shape index (κ1) is 17.0. The van der Waals surface area contributed by atoms with E-state index in [1.165, 1.54) is 26.4 Å². The van der Waals surface area contributed by atoms with Crippen LogP contribution in [0.5, 0.6) is 0 Å². The Balaban J connectivity index is 2.10. The standard InChI is InChI=1S/C16H29NO3/c1-13(17-16(19)20-2)9-5-3-8-12-15(18)14-10-6-4-7-11-14/h8,12-15,18H,3-7,9-11H2,1-2H3,(H,17,19)/b12-8+/t13-,15-/m1/s1. The number of carbonyl (C=O) groups excluding carboxylic acids is 1. The van der Waals surface area contributed by atoms with Gasteiger partial charge in [-0.05, 0) is 44.9 Å². The largest absolute Gasteiger partial charge is 0.453 e. The Morgan fingerprint density at radius 2 is 2.10 bits per heavy atom. The molecule has 1 amide bonds. The van der Waals surface area contributed by atoms with Crippen LogP contribution >= 0.6 is 0 Å². The van der Waals surface area contributed by atoms with Crippen LogP contribution in [0.1, 0.15) is 58.3 Å². The molecule has 0 aromatic rings. The molecule has 116 valence electrons. The van der Waals surface area contributed by atoms with Crippen molar-refractivity contribution in [2.24, 2.45) is 5.92 Å². The molecule has 0 spiro atoms. The molecular formula is C16H29NO3. The summed E-state index contributed by atoms with van der Waals surface area (Å²) in [5.41, 5.74) is 0. The number of unbranched alkanes of at least 4 members (excludes halogenated alkanes) is 1. The fourth-order valence-corrected chi connectivity index (χ4v) is 2.74. The lowest BCUT2D eigenvalue weighted by Crippen LogP contribution is -2.32. The summed E-state index contributed by atoms with van der Waals surface area (Å²) in [5, 5.41) is 12.8. The van der Waals surface area contributed by atoms with Crippen molar-refractivity contribution >= 4 is 6.09 Å². The van der Waals surface area contributed by atoms with Crippen LogP contribution in [-0.4, -0.2) is 30.5 Å². The van der Waals surface area contributed by atoms with E-state index in [0.717, 1.165) is 32.1 Å². The second-order valence-corrected chi connectivity index (χ2v) is 5.78. The van der Waals surface area contributed by atoms with Crippen LogP contribution < -0.4 is 5.32 Å². The molecule has 2 N–H and O–H groups in total. The van der Waals surface area contributed by atoms with Crippen LogP contribution in [0.15, 0.2) is 12.2 Å². The zero-order valence-corrected chi connectivity index (χ0v) is 12.8. The number of hydrogen-bond donors (Lipinski definition) is 2. The topological polar surface area (TPSA) is 58.6 Å². The minimum Gasteiger partial charge on any atom is -0.453 e. The Bertz CT molecular complexity index is 298. The number of aliphatic hydroxyl groups excluding tert-OH is 1. The molecule has 1 rings (SSSR count). The summed E-state index contributed by atoms with van der Waals surface area (Å²) in [6.07, 6.45) is 12.4. The third-order valence-electron chi connectivity index (χ3n) is 4.02. The van der Waals surface area contributed by atoms with Gasteiger partial charge >= 0.3 is 6.09 Å². The average Bonchev–Trinajstić information content (AvgIpc) is 2.47. The summed E-state index contributed by atoms with van der Waals surface area (Å²) in [4.78, 5) is 11.0. The predicted octanol–water partition coefficient (Wildman–Crippen LogP) is 3.40. The van der Waals surface area contributed by atoms with Gasteiger partial charge in [0.15, 0.2) is 0 Å². The Morgan fingerprint density at radius 3 is 2.75 bits per heavy atom. The van der Waals surface area contributed by atoms with Crippen LogP contribution in [0.4, 0.5) is 4.79 Å². The molecule has 1 fully saturated rings. The molecule has 0 radical (unpaired) electrons. The lowest BCUT2D eigenvalue weighted by atomic mass is 9.85.